The fourth-order valence-corrected chi connectivity index (χ4v) is 6.02. The summed E-state index contributed by atoms with van der Waals surface area (Å²) in [5.41, 5.74) is 1.20. The highest BCUT2D eigenvalue weighted by atomic mass is 35.5. The van der Waals surface area contributed by atoms with Gasteiger partial charge in [-0.05, 0) is 80.2 Å². The monoisotopic (exact) mass is 552 g/mol. The molecule has 2 amide bonds. The van der Waals surface area contributed by atoms with Gasteiger partial charge in [-0.25, -0.2) is 8.60 Å². The largest absolute Gasteiger partial charge is 0.493 e. The van der Waals surface area contributed by atoms with Crippen molar-refractivity contribution < 1.29 is 22.9 Å². The van der Waals surface area contributed by atoms with Gasteiger partial charge in [0.05, 0.1) is 17.4 Å². The molecule has 1 unspecified atom stereocenters. The van der Waals surface area contributed by atoms with Crippen molar-refractivity contribution in [1.82, 2.24) is 9.62 Å². The van der Waals surface area contributed by atoms with Crippen LogP contribution in [0.2, 0.25) is 10.0 Å². The number of carbonyl (C=O) groups excluding carboxylic acids is 2. The second-order valence-electron chi connectivity index (χ2n) is 9.78. The van der Waals surface area contributed by atoms with Crippen molar-refractivity contribution in [3.05, 3.63) is 62.9 Å². The highest BCUT2D eigenvalue weighted by molar-refractivity contribution is 7.84. The van der Waals surface area contributed by atoms with Crippen LogP contribution in [-0.4, -0.2) is 45.9 Å². The fraction of sp³-hybridized carbons (Fsp3) is 0.462. The molecule has 1 saturated heterocycles. The number of amides is 2. The fourth-order valence-electron chi connectivity index (χ4n) is 4.47. The molecule has 1 atom stereocenters. The van der Waals surface area contributed by atoms with Gasteiger partial charge in [-0.1, -0.05) is 23.2 Å². The number of likely N-dealkylation sites (tertiary alicyclic amines) is 1. The first kappa shape index (κ1) is 25.5. The number of ether oxygens (including phenoxy) is 1. The Morgan fingerprint density at radius 3 is 2.28 bits per heavy atom. The summed E-state index contributed by atoms with van der Waals surface area (Å²) in [6.07, 6.45) is 5.08. The Bertz CT molecular complexity index is 1190. The van der Waals surface area contributed by atoms with E-state index in [0.717, 1.165) is 44.1 Å². The summed E-state index contributed by atoms with van der Waals surface area (Å²) in [7, 11) is -1.47. The van der Waals surface area contributed by atoms with Crippen LogP contribution in [0.25, 0.3) is 0 Å². The molecule has 1 heterocycles. The van der Waals surface area contributed by atoms with Gasteiger partial charge in [0, 0.05) is 34.8 Å². The van der Waals surface area contributed by atoms with Gasteiger partial charge in [0.2, 0.25) is 0 Å². The first-order valence-electron chi connectivity index (χ1n) is 12.2. The highest BCUT2D eigenvalue weighted by Crippen LogP contribution is 2.45. The van der Waals surface area contributed by atoms with E-state index in [4.69, 9.17) is 27.9 Å². The molecule has 0 aromatic heterocycles. The zero-order valence-electron chi connectivity index (χ0n) is 19.6. The number of nitrogens with one attached hydrogen (secondary N) is 1. The van der Waals surface area contributed by atoms with E-state index in [-0.39, 0.29) is 28.6 Å². The number of carbonyl (C=O) groups is 2. The molecule has 0 spiro atoms. The number of nitrogens with zero attached hydrogens (tertiary/aromatic N) is 1. The van der Waals surface area contributed by atoms with Crippen molar-refractivity contribution in [2.45, 2.75) is 49.7 Å². The van der Waals surface area contributed by atoms with Gasteiger partial charge in [-0.2, -0.15) is 0 Å². The molecule has 2 aromatic carbocycles. The summed E-state index contributed by atoms with van der Waals surface area (Å²) in [4.78, 5) is 27.1. The van der Waals surface area contributed by atoms with Gasteiger partial charge in [0.15, 0.2) is 0 Å². The Kier molecular flexibility index (Phi) is 7.56. The molecule has 1 aliphatic heterocycles. The molecule has 36 heavy (non-hydrogen) atoms. The number of halogens is 3. The Labute approximate surface area is 222 Å². The second kappa shape index (κ2) is 10.7. The van der Waals surface area contributed by atoms with Crippen molar-refractivity contribution in [1.29, 1.82) is 0 Å². The lowest BCUT2D eigenvalue weighted by Crippen LogP contribution is -2.39. The zero-order chi connectivity index (χ0) is 25.4. The van der Waals surface area contributed by atoms with Gasteiger partial charge in [0.25, 0.3) is 11.8 Å². The van der Waals surface area contributed by atoms with Crippen LogP contribution < -0.4 is 9.46 Å². The molecule has 192 valence electrons. The molecule has 0 bridgehead atoms. The average Bonchev–Trinajstić information content (AvgIpc) is 3.75. The number of hydrogen-bond acceptors (Lipinski definition) is 4. The third-order valence-corrected chi connectivity index (χ3v) is 8.77. The molecule has 1 N–H and O–H groups in total. The lowest BCUT2D eigenvalue weighted by Gasteiger charge is -2.32. The molecule has 0 radical (unpaired) electrons. The van der Waals surface area contributed by atoms with E-state index in [1.807, 2.05) is 0 Å². The van der Waals surface area contributed by atoms with Crippen molar-refractivity contribution in [3.8, 4) is 5.75 Å². The summed E-state index contributed by atoms with van der Waals surface area (Å²) in [5, 5.41) is 0.826. The lowest BCUT2D eigenvalue weighted by atomic mass is 9.97. The molecule has 3 fully saturated rings. The van der Waals surface area contributed by atoms with E-state index < -0.39 is 22.7 Å². The lowest BCUT2D eigenvalue weighted by molar-refractivity contribution is 0.0660. The molecular formula is C26H27Cl2FN2O4S. The summed E-state index contributed by atoms with van der Waals surface area (Å²) >= 11 is 12.1. The van der Waals surface area contributed by atoms with Crippen LogP contribution in [0.5, 0.6) is 5.75 Å². The van der Waals surface area contributed by atoms with E-state index in [1.165, 1.54) is 6.07 Å². The van der Waals surface area contributed by atoms with Crippen LogP contribution in [0.4, 0.5) is 4.39 Å². The predicted molar refractivity (Wildman–Crippen MR) is 138 cm³/mol. The number of piperidine rings is 1. The van der Waals surface area contributed by atoms with Crippen molar-refractivity contribution in [2.75, 3.05) is 19.7 Å². The van der Waals surface area contributed by atoms with Crippen LogP contribution in [0.15, 0.2) is 30.3 Å². The second-order valence-corrected chi connectivity index (χ2v) is 12.1. The summed E-state index contributed by atoms with van der Waals surface area (Å²) in [6.45, 7) is 1.57. The summed E-state index contributed by atoms with van der Waals surface area (Å²) in [5.74, 6) is -0.513. The maximum absolute atomic E-state index is 14.9. The number of rotatable bonds is 8. The Morgan fingerprint density at radius 2 is 1.67 bits per heavy atom. The molecule has 3 aliphatic rings. The smallest absolute Gasteiger partial charge is 0.265 e. The average molecular weight is 553 g/mol. The minimum atomic E-state index is -1.47. The third kappa shape index (κ3) is 6.03. The van der Waals surface area contributed by atoms with Gasteiger partial charge in [-0.15, -0.1) is 0 Å². The molecule has 2 aromatic rings. The summed E-state index contributed by atoms with van der Waals surface area (Å²) < 4.78 is 35.4. The van der Waals surface area contributed by atoms with Gasteiger partial charge in [-0.3, -0.25) is 14.3 Å². The van der Waals surface area contributed by atoms with Crippen molar-refractivity contribution in [3.63, 3.8) is 0 Å². The minimum absolute atomic E-state index is 0.0208. The quantitative estimate of drug-likeness (QED) is 0.469. The maximum atomic E-state index is 14.9. The highest BCUT2D eigenvalue weighted by Gasteiger charge is 2.33. The molecule has 2 aliphatic carbocycles. The standard InChI is InChI=1S/C26H27Cl2FN2O4S/c27-18-9-17(10-19(28)11-18)26(33)31-7-5-15(6-8-31)14-35-24-13-23(29)22(12-21(24)16-1-2-16)25(32)30-36(34)20-3-4-20/h9-13,15-16,20H,1-8,14H2,(H,30,32). The SMILES string of the molecule is O=C(NS(=O)C1CC1)c1cc(C2CC2)c(OCC2CCN(C(=O)c3cc(Cl)cc(Cl)c3)CC2)cc1F. The topological polar surface area (TPSA) is 75.7 Å². The van der Waals surface area contributed by atoms with E-state index in [9.17, 15) is 18.2 Å². The maximum Gasteiger partial charge on any atom is 0.265 e. The molecular weight excluding hydrogens is 526 g/mol. The van der Waals surface area contributed by atoms with Crippen LogP contribution in [-0.2, 0) is 11.0 Å². The number of hydrogen-bond donors (Lipinski definition) is 1. The minimum Gasteiger partial charge on any atom is -0.493 e. The van der Waals surface area contributed by atoms with Crippen molar-refractivity contribution >= 4 is 46.0 Å². The summed E-state index contributed by atoms with van der Waals surface area (Å²) in [6, 6.07) is 7.67. The van der Waals surface area contributed by atoms with E-state index in [0.29, 0.717) is 41.1 Å². The molecule has 5 rings (SSSR count). The Balaban J connectivity index is 1.19. The molecule has 6 nitrogen and oxygen atoms in total. The van der Waals surface area contributed by atoms with E-state index in [2.05, 4.69) is 4.72 Å². The van der Waals surface area contributed by atoms with Crippen molar-refractivity contribution in [2.24, 2.45) is 5.92 Å². The van der Waals surface area contributed by atoms with Gasteiger partial charge < -0.3 is 9.64 Å². The number of benzene rings is 2. The van der Waals surface area contributed by atoms with Crippen LogP contribution in [0, 0.1) is 11.7 Å². The van der Waals surface area contributed by atoms with Crippen LogP contribution in [0.1, 0.15) is 70.7 Å². The first-order chi connectivity index (χ1) is 17.3. The molecule has 2 saturated carbocycles. The Hall–Kier alpha value is -2.16. The van der Waals surface area contributed by atoms with Crippen LogP contribution in [0.3, 0.4) is 0 Å². The Morgan fingerprint density at radius 1 is 1.00 bits per heavy atom. The van der Waals surface area contributed by atoms with E-state index >= 15 is 0 Å². The third-order valence-electron chi connectivity index (χ3n) is 6.87. The van der Waals surface area contributed by atoms with Crippen LogP contribution >= 0.6 is 23.2 Å². The molecule has 10 heteroatoms. The first-order valence-corrected chi connectivity index (χ1v) is 14.2. The van der Waals surface area contributed by atoms with Gasteiger partial charge >= 0.3 is 0 Å². The van der Waals surface area contributed by atoms with Gasteiger partial charge in [0.1, 0.15) is 22.6 Å². The predicted octanol–water partition coefficient (Wildman–Crippen LogP) is 5.50. The van der Waals surface area contributed by atoms with E-state index in [1.54, 1.807) is 29.2 Å². The zero-order valence-corrected chi connectivity index (χ0v) is 21.9. The normalized spacial score (nSPS) is 19.1.